The van der Waals surface area contributed by atoms with Gasteiger partial charge >= 0.3 is 0 Å². The third kappa shape index (κ3) is 3.32. The summed E-state index contributed by atoms with van der Waals surface area (Å²) in [4.78, 5) is 17.7. The molecule has 0 spiro atoms. The molecule has 0 saturated heterocycles. The first-order chi connectivity index (χ1) is 13.8. The highest BCUT2D eigenvalue weighted by Gasteiger charge is 2.26. The average molecular weight is 403 g/mol. The zero-order valence-corrected chi connectivity index (χ0v) is 17.1. The molecule has 4 aromatic rings. The number of nitriles is 1. The summed E-state index contributed by atoms with van der Waals surface area (Å²) in [7, 11) is 0. The zero-order valence-electron chi connectivity index (χ0n) is 16.3. The van der Waals surface area contributed by atoms with Gasteiger partial charge in [0.15, 0.2) is 5.65 Å². The van der Waals surface area contributed by atoms with Crippen molar-refractivity contribution in [3.05, 3.63) is 81.2 Å². The Bertz CT molecular complexity index is 1320. The first kappa shape index (κ1) is 19.0. The first-order valence-corrected chi connectivity index (χ1v) is 9.59. The Labute approximate surface area is 173 Å². The zero-order chi connectivity index (χ0) is 20.8. The third-order valence-electron chi connectivity index (χ3n) is 4.82. The summed E-state index contributed by atoms with van der Waals surface area (Å²) in [5.41, 5.74) is 4.28. The van der Waals surface area contributed by atoms with Crippen molar-refractivity contribution < 1.29 is 0 Å². The van der Waals surface area contributed by atoms with Crippen LogP contribution in [-0.4, -0.2) is 14.6 Å². The molecule has 5 nitrogen and oxygen atoms in total. The van der Waals surface area contributed by atoms with Crippen LogP contribution in [0.15, 0.2) is 59.4 Å². The number of fused-ring (bicyclic) bond motifs is 1. The van der Waals surface area contributed by atoms with Gasteiger partial charge in [0.1, 0.15) is 0 Å². The molecule has 4 rings (SSSR count). The highest BCUT2D eigenvalue weighted by atomic mass is 35.5. The second-order valence-electron chi connectivity index (χ2n) is 7.91. The van der Waals surface area contributed by atoms with Crippen LogP contribution in [0.3, 0.4) is 0 Å². The second-order valence-corrected chi connectivity index (χ2v) is 8.35. The van der Waals surface area contributed by atoms with E-state index < -0.39 is 0 Å². The van der Waals surface area contributed by atoms with Gasteiger partial charge in [-0.25, -0.2) is 9.50 Å². The molecular formula is C23H19ClN4O. The van der Waals surface area contributed by atoms with Crippen LogP contribution in [0.2, 0.25) is 5.02 Å². The number of nitrogens with zero attached hydrogens (tertiary/aromatic N) is 3. The minimum atomic E-state index is -0.250. The molecule has 0 amide bonds. The number of nitrogens with one attached hydrogen (secondary N) is 1. The molecule has 1 N–H and O–H groups in total. The number of rotatable bonds is 2. The summed E-state index contributed by atoms with van der Waals surface area (Å²) in [5.74, 6) is 0. The smallest absolute Gasteiger partial charge is 0.273 e. The molecule has 0 aliphatic carbocycles. The standard InChI is InChI=1S/C23H19ClN4O/c1-23(2,3)21-20(14-8-10-16(24)11-9-14)22-26-18(12-19(29)28(22)27-21)17-7-5-4-6-15(17)13-25/h4-12,27H,1-3H3. The van der Waals surface area contributed by atoms with Crippen molar-refractivity contribution in [1.29, 1.82) is 5.26 Å². The third-order valence-corrected chi connectivity index (χ3v) is 5.07. The largest absolute Gasteiger partial charge is 0.292 e. The van der Waals surface area contributed by atoms with Gasteiger partial charge in [-0.15, -0.1) is 0 Å². The van der Waals surface area contributed by atoms with Gasteiger partial charge in [-0.3, -0.25) is 9.89 Å². The molecule has 2 aromatic heterocycles. The van der Waals surface area contributed by atoms with Gasteiger partial charge in [0.05, 0.1) is 17.3 Å². The summed E-state index contributed by atoms with van der Waals surface area (Å²) in [5, 5.41) is 13.3. The summed E-state index contributed by atoms with van der Waals surface area (Å²) < 4.78 is 1.46. The normalized spacial score (nSPS) is 11.6. The molecule has 0 aliphatic heterocycles. The van der Waals surface area contributed by atoms with E-state index in [0.29, 0.717) is 27.5 Å². The molecule has 0 aliphatic rings. The maximum atomic E-state index is 12.9. The highest BCUT2D eigenvalue weighted by Crippen LogP contribution is 2.35. The average Bonchev–Trinajstić information content (AvgIpc) is 3.09. The van der Waals surface area contributed by atoms with Crippen molar-refractivity contribution in [3.63, 3.8) is 0 Å². The van der Waals surface area contributed by atoms with E-state index in [2.05, 4.69) is 31.9 Å². The number of hydrogen-bond donors (Lipinski definition) is 1. The van der Waals surface area contributed by atoms with E-state index in [-0.39, 0.29) is 11.0 Å². The predicted octanol–water partition coefficient (Wildman–Crippen LogP) is 5.18. The molecule has 6 heteroatoms. The van der Waals surface area contributed by atoms with E-state index in [9.17, 15) is 10.1 Å². The maximum Gasteiger partial charge on any atom is 0.273 e. The lowest BCUT2D eigenvalue weighted by molar-refractivity contribution is 0.563. The van der Waals surface area contributed by atoms with Gasteiger partial charge in [0.2, 0.25) is 0 Å². The molecular weight excluding hydrogens is 384 g/mol. The van der Waals surface area contributed by atoms with E-state index >= 15 is 0 Å². The van der Waals surface area contributed by atoms with Gasteiger partial charge in [-0.05, 0) is 23.8 Å². The van der Waals surface area contributed by atoms with Crippen molar-refractivity contribution >= 4 is 17.2 Å². The lowest BCUT2D eigenvalue weighted by Gasteiger charge is -2.18. The summed E-state index contributed by atoms with van der Waals surface area (Å²) in [6.07, 6.45) is 0. The van der Waals surface area contributed by atoms with Crippen LogP contribution in [0.1, 0.15) is 32.0 Å². The molecule has 144 valence electrons. The van der Waals surface area contributed by atoms with E-state index in [4.69, 9.17) is 16.6 Å². The number of aromatic nitrogens is 3. The van der Waals surface area contributed by atoms with Gasteiger partial charge in [0.25, 0.3) is 5.56 Å². The Morgan fingerprint density at radius 1 is 1.10 bits per heavy atom. The number of benzene rings is 2. The highest BCUT2D eigenvalue weighted by molar-refractivity contribution is 6.30. The molecule has 0 bridgehead atoms. The first-order valence-electron chi connectivity index (χ1n) is 9.21. The Hall–Kier alpha value is -3.36. The van der Waals surface area contributed by atoms with Gasteiger partial charge in [-0.1, -0.05) is 62.7 Å². The lowest BCUT2D eigenvalue weighted by atomic mass is 9.87. The molecule has 2 aromatic carbocycles. The van der Waals surface area contributed by atoms with Crippen LogP contribution in [-0.2, 0) is 5.41 Å². The minimum Gasteiger partial charge on any atom is -0.292 e. The quantitative estimate of drug-likeness (QED) is 0.502. The lowest BCUT2D eigenvalue weighted by Crippen LogP contribution is -2.17. The number of aromatic amines is 1. The SMILES string of the molecule is CC(C)(C)c1[nH]n2c(=O)cc(-c3ccccc3C#N)nc2c1-c1ccc(Cl)cc1. The summed E-state index contributed by atoms with van der Waals surface area (Å²) >= 11 is 6.08. The fourth-order valence-corrected chi connectivity index (χ4v) is 3.54. The van der Waals surface area contributed by atoms with Crippen LogP contribution in [0.4, 0.5) is 0 Å². The number of H-pyrrole nitrogens is 1. The number of halogens is 1. The van der Waals surface area contributed by atoms with Crippen molar-refractivity contribution in [2.75, 3.05) is 0 Å². The summed E-state index contributed by atoms with van der Waals surface area (Å²) in [6, 6.07) is 18.2. The van der Waals surface area contributed by atoms with Crippen LogP contribution >= 0.6 is 11.6 Å². The van der Waals surface area contributed by atoms with E-state index in [1.165, 1.54) is 10.6 Å². The molecule has 0 fully saturated rings. The van der Waals surface area contributed by atoms with Crippen LogP contribution in [0.5, 0.6) is 0 Å². The summed E-state index contributed by atoms with van der Waals surface area (Å²) in [6.45, 7) is 6.23. The minimum absolute atomic E-state index is 0.233. The Balaban J connectivity index is 2.09. The van der Waals surface area contributed by atoms with E-state index in [1.54, 1.807) is 18.2 Å². The van der Waals surface area contributed by atoms with Gasteiger partial charge < -0.3 is 0 Å². The number of hydrogen-bond acceptors (Lipinski definition) is 3. The topological polar surface area (TPSA) is 73.9 Å². The second kappa shape index (κ2) is 6.91. The van der Waals surface area contributed by atoms with Gasteiger partial charge in [-0.2, -0.15) is 5.26 Å². The predicted molar refractivity (Wildman–Crippen MR) is 115 cm³/mol. The van der Waals surface area contributed by atoms with E-state index in [0.717, 1.165) is 16.8 Å². The molecule has 0 unspecified atom stereocenters. The fourth-order valence-electron chi connectivity index (χ4n) is 3.41. The fraction of sp³-hybridized carbons (Fsp3) is 0.174. The van der Waals surface area contributed by atoms with Crippen LogP contribution in [0.25, 0.3) is 28.0 Å². The Morgan fingerprint density at radius 2 is 1.79 bits per heavy atom. The van der Waals surface area contributed by atoms with Crippen LogP contribution < -0.4 is 5.56 Å². The molecule has 29 heavy (non-hydrogen) atoms. The molecule has 2 heterocycles. The Morgan fingerprint density at radius 3 is 2.45 bits per heavy atom. The maximum absolute atomic E-state index is 12.9. The van der Waals surface area contributed by atoms with E-state index in [1.807, 2.05) is 30.3 Å². The Kier molecular flexibility index (Phi) is 4.52. The van der Waals surface area contributed by atoms with Crippen molar-refractivity contribution in [3.8, 4) is 28.5 Å². The molecule has 0 saturated carbocycles. The van der Waals surface area contributed by atoms with Gasteiger partial charge in [0, 0.05) is 33.3 Å². The van der Waals surface area contributed by atoms with Crippen molar-refractivity contribution in [2.45, 2.75) is 26.2 Å². The van der Waals surface area contributed by atoms with Crippen LogP contribution in [0, 0.1) is 11.3 Å². The molecule has 0 radical (unpaired) electrons. The molecule has 0 atom stereocenters. The van der Waals surface area contributed by atoms with Crippen molar-refractivity contribution in [2.24, 2.45) is 0 Å². The monoisotopic (exact) mass is 402 g/mol. The van der Waals surface area contributed by atoms with Crippen molar-refractivity contribution in [1.82, 2.24) is 14.6 Å².